The number of hydrogen-bond acceptors (Lipinski definition) is 6. The number of methoxy groups -OCH3 is 1. The first-order chi connectivity index (χ1) is 12.7. The van der Waals surface area contributed by atoms with Crippen molar-refractivity contribution in [3.05, 3.63) is 65.7 Å². The number of nitrogens with one attached hydrogen (secondary N) is 2. The summed E-state index contributed by atoms with van der Waals surface area (Å²) in [5.74, 6) is 1.91. The molecule has 0 aliphatic heterocycles. The van der Waals surface area contributed by atoms with E-state index in [2.05, 4.69) is 20.8 Å². The number of pyridine rings is 1. The molecule has 0 radical (unpaired) electrons. The van der Waals surface area contributed by atoms with Gasteiger partial charge in [-0.05, 0) is 37.1 Å². The first kappa shape index (κ1) is 17.5. The first-order valence-electron chi connectivity index (χ1n) is 8.22. The summed E-state index contributed by atoms with van der Waals surface area (Å²) in [6, 6.07) is 13.0. The predicted octanol–water partition coefficient (Wildman–Crippen LogP) is 3.10. The summed E-state index contributed by atoms with van der Waals surface area (Å²) < 4.78 is 10.3. The molecule has 0 aliphatic carbocycles. The maximum absolute atomic E-state index is 12.2. The van der Waals surface area contributed by atoms with Crippen LogP contribution in [0.25, 0.3) is 0 Å². The highest BCUT2D eigenvalue weighted by molar-refractivity contribution is 5.92. The number of para-hydroxylation sites is 1. The van der Waals surface area contributed by atoms with Gasteiger partial charge in [-0.3, -0.25) is 4.79 Å². The number of carbonyl (C=O) groups excluding carboxylic acids is 1. The van der Waals surface area contributed by atoms with Crippen LogP contribution in [0.3, 0.4) is 0 Å². The molecule has 2 N–H and O–H groups in total. The lowest BCUT2D eigenvalue weighted by Gasteiger charge is -2.09. The van der Waals surface area contributed by atoms with E-state index in [1.165, 1.54) is 0 Å². The predicted molar refractivity (Wildman–Crippen MR) is 97.8 cm³/mol. The van der Waals surface area contributed by atoms with E-state index in [-0.39, 0.29) is 5.91 Å². The standard InChI is InChI=1S/C19H20N4O3/c1-13-11-18(23-26-13)22-15-7-8-16(21-12-15)19(24)20-10-9-14-5-3-4-6-17(14)25-2/h3-8,11-12H,9-10H2,1-2H3,(H,20,24)(H,22,23). The van der Waals surface area contributed by atoms with Crippen molar-refractivity contribution >= 4 is 17.4 Å². The molecular weight excluding hydrogens is 332 g/mol. The van der Waals surface area contributed by atoms with Crippen molar-refractivity contribution in [1.29, 1.82) is 0 Å². The van der Waals surface area contributed by atoms with Crippen molar-refractivity contribution in [3.63, 3.8) is 0 Å². The average Bonchev–Trinajstić information content (AvgIpc) is 3.07. The Hall–Kier alpha value is -3.35. The van der Waals surface area contributed by atoms with E-state index < -0.39 is 0 Å². The molecule has 7 nitrogen and oxygen atoms in total. The SMILES string of the molecule is COc1ccccc1CCNC(=O)c1ccc(Nc2cc(C)on2)cn1. The van der Waals surface area contributed by atoms with Gasteiger partial charge in [-0.25, -0.2) is 4.98 Å². The van der Waals surface area contributed by atoms with Crippen LogP contribution in [-0.4, -0.2) is 29.7 Å². The number of hydrogen-bond donors (Lipinski definition) is 2. The monoisotopic (exact) mass is 352 g/mol. The quantitative estimate of drug-likeness (QED) is 0.679. The van der Waals surface area contributed by atoms with Crippen molar-refractivity contribution in [2.75, 3.05) is 19.0 Å². The van der Waals surface area contributed by atoms with E-state index in [0.29, 0.717) is 30.2 Å². The van der Waals surface area contributed by atoms with Crippen molar-refractivity contribution in [3.8, 4) is 5.75 Å². The van der Waals surface area contributed by atoms with Crippen LogP contribution in [-0.2, 0) is 6.42 Å². The fraction of sp³-hybridized carbons (Fsp3) is 0.211. The second-order valence-electron chi connectivity index (χ2n) is 5.70. The molecule has 0 saturated heterocycles. The Morgan fingerprint density at radius 1 is 1.23 bits per heavy atom. The Balaban J connectivity index is 1.53. The zero-order chi connectivity index (χ0) is 18.4. The molecule has 0 aliphatic rings. The number of carbonyl (C=O) groups is 1. The molecule has 3 rings (SSSR count). The Morgan fingerprint density at radius 3 is 2.77 bits per heavy atom. The fourth-order valence-electron chi connectivity index (χ4n) is 2.49. The highest BCUT2D eigenvalue weighted by atomic mass is 16.5. The number of ether oxygens (including phenoxy) is 1. The van der Waals surface area contributed by atoms with Gasteiger partial charge in [0.1, 0.15) is 17.2 Å². The van der Waals surface area contributed by atoms with Crippen molar-refractivity contribution in [2.45, 2.75) is 13.3 Å². The second kappa shape index (κ2) is 8.15. The van der Waals surface area contributed by atoms with Gasteiger partial charge in [0, 0.05) is 12.6 Å². The first-order valence-corrected chi connectivity index (χ1v) is 8.22. The largest absolute Gasteiger partial charge is 0.496 e. The summed E-state index contributed by atoms with van der Waals surface area (Å²) in [6.45, 7) is 2.31. The van der Waals surface area contributed by atoms with E-state index in [1.54, 1.807) is 31.5 Å². The molecular formula is C19H20N4O3. The average molecular weight is 352 g/mol. The molecule has 0 bridgehead atoms. The Morgan fingerprint density at radius 2 is 2.08 bits per heavy atom. The van der Waals surface area contributed by atoms with Gasteiger partial charge in [-0.15, -0.1) is 0 Å². The van der Waals surface area contributed by atoms with Crippen LogP contribution in [0, 0.1) is 6.92 Å². The van der Waals surface area contributed by atoms with Gasteiger partial charge in [-0.1, -0.05) is 23.4 Å². The van der Waals surface area contributed by atoms with Gasteiger partial charge < -0.3 is 19.9 Å². The maximum atomic E-state index is 12.2. The second-order valence-corrected chi connectivity index (χ2v) is 5.70. The molecule has 3 aromatic rings. The van der Waals surface area contributed by atoms with E-state index >= 15 is 0 Å². The Bertz CT molecular complexity index is 875. The third-order valence-corrected chi connectivity index (χ3v) is 3.77. The molecule has 0 atom stereocenters. The number of benzene rings is 1. The zero-order valence-corrected chi connectivity index (χ0v) is 14.7. The Labute approximate surface area is 151 Å². The molecule has 1 amide bonds. The lowest BCUT2D eigenvalue weighted by Crippen LogP contribution is -2.26. The molecule has 7 heteroatoms. The highest BCUT2D eigenvalue weighted by Crippen LogP contribution is 2.17. The van der Waals surface area contributed by atoms with Crippen LogP contribution in [0.15, 0.2) is 53.2 Å². The van der Waals surface area contributed by atoms with Crippen molar-refractivity contribution in [2.24, 2.45) is 0 Å². The van der Waals surface area contributed by atoms with Gasteiger partial charge in [-0.2, -0.15) is 0 Å². The van der Waals surface area contributed by atoms with Crippen LogP contribution in [0.5, 0.6) is 5.75 Å². The van der Waals surface area contributed by atoms with E-state index in [1.807, 2.05) is 31.2 Å². The number of aromatic nitrogens is 2. The molecule has 2 aromatic heterocycles. The number of aryl methyl sites for hydroxylation is 1. The molecule has 1 aromatic carbocycles. The number of anilines is 2. The summed E-state index contributed by atoms with van der Waals surface area (Å²) in [4.78, 5) is 16.4. The van der Waals surface area contributed by atoms with Gasteiger partial charge in [0.25, 0.3) is 5.91 Å². The molecule has 0 fully saturated rings. The molecule has 0 spiro atoms. The summed E-state index contributed by atoms with van der Waals surface area (Å²) in [7, 11) is 1.64. The van der Waals surface area contributed by atoms with Crippen LogP contribution >= 0.6 is 0 Å². The van der Waals surface area contributed by atoms with Crippen molar-refractivity contribution in [1.82, 2.24) is 15.5 Å². The minimum absolute atomic E-state index is 0.219. The van der Waals surface area contributed by atoms with Gasteiger partial charge in [0.2, 0.25) is 0 Å². The minimum Gasteiger partial charge on any atom is -0.496 e. The normalized spacial score (nSPS) is 10.4. The third kappa shape index (κ3) is 4.38. The van der Waals surface area contributed by atoms with E-state index in [0.717, 1.165) is 17.0 Å². The zero-order valence-electron chi connectivity index (χ0n) is 14.7. The van der Waals surface area contributed by atoms with Crippen LogP contribution in [0.2, 0.25) is 0 Å². The smallest absolute Gasteiger partial charge is 0.269 e. The lowest BCUT2D eigenvalue weighted by atomic mass is 10.1. The summed E-state index contributed by atoms with van der Waals surface area (Å²) in [5.41, 5.74) is 2.13. The summed E-state index contributed by atoms with van der Waals surface area (Å²) in [6.07, 6.45) is 2.26. The molecule has 2 heterocycles. The fourth-order valence-corrected chi connectivity index (χ4v) is 2.49. The molecule has 26 heavy (non-hydrogen) atoms. The van der Waals surface area contributed by atoms with Crippen LogP contribution in [0.4, 0.5) is 11.5 Å². The van der Waals surface area contributed by atoms with Crippen molar-refractivity contribution < 1.29 is 14.1 Å². The Kier molecular flexibility index (Phi) is 5.48. The lowest BCUT2D eigenvalue weighted by molar-refractivity contribution is 0.0949. The number of nitrogens with zero attached hydrogens (tertiary/aromatic N) is 2. The number of rotatable bonds is 7. The molecule has 134 valence electrons. The highest BCUT2D eigenvalue weighted by Gasteiger charge is 2.08. The van der Waals surface area contributed by atoms with Crippen LogP contribution in [0.1, 0.15) is 21.8 Å². The minimum atomic E-state index is -0.219. The van der Waals surface area contributed by atoms with Gasteiger partial charge in [0.15, 0.2) is 5.82 Å². The van der Waals surface area contributed by atoms with E-state index in [9.17, 15) is 4.79 Å². The topological polar surface area (TPSA) is 89.3 Å². The third-order valence-electron chi connectivity index (χ3n) is 3.77. The number of amides is 1. The van der Waals surface area contributed by atoms with Gasteiger partial charge >= 0.3 is 0 Å². The molecule has 0 unspecified atom stereocenters. The molecule has 0 saturated carbocycles. The van der Waals surface area contributed by atoms with Crippen LogP contribution < -0.4 is 15.4 Å². The summed E-state index contributed by atoms with van der Waals surface area (Å²) in [5, 5.41) is 9.77. The van der Waals surface area contributed by atoms with E-state index in [4.69, 9.17) is 9.26 Å². The van der Waals surface area contributed by atoms with Gasteiger partial charge in [0.05, 0.1) is 19.0 Å². The summed E-state index contributed by atoms with van der Waals surface area (Å²) >= 11 is 0. The maximum Gasteiger partial charge on any atom is 0.269 e.